The van der Waals surface area contributed by atoms with Crippen LogP contribution in [0.25, 0.3) is 0 Å². The zero-order valence-electron chi connectivity index (χ0n) is 29.7. The van der Waals surface area contributed by atoms with Crippen LogP contribution in [0.2, 0.25) is 0 Å². The Morgan fingerprint density at radius 2 is 1.67 bits per heavy atom. The molecule has 2 saturated heterocycles. The van der Waals surface area contributed by atoms with E-state index in [1.54, 1.807) is 30.1 Å². The highest BCUT2D eigenvalue weighted by Crippen LogP contribution is 2.54. The van der Waals surface area contributed by atoms with Gasteiger partial charge in [0.25, 0.3) is 5.91 Å². The van der Waals surface area contributed by atoms with Gasteiger partial charge in [-0.05, 0) is 61.9 Å². The lowest BCUT2D eigenvalue weighted by Crippen LogP contribution is -2.58. The number of rotatable bonds is 6. The van der Waals surface area contributed by atoms with Crippen LogP contribution in [0.15, 0.2) is 103 Å². The van der Waals surface area contributed by atoms with E-state index in [4.69, 9.17) is 9.47 Å². The summed E-state index contributed by atoms with van der Waals surface area (Å²) < 4.78 is 13.2. The SMILES string of the molecule is Cc1ccc(C)c(N2CC=C[C@@]34O[C@H]5/C=C\CCC(=O)N[C@@H](C)[C@H](c6ccccc6)OC(=O)[C@H]5[C@@H]3C(=O)N([C@@H](CO)Cc3ccccc3)[C@H]4C2=O)c1. The van der Waals surface area contributed by atoms with Crippen LogP contribution in [0.4, 0.5) is 5.69 Å². The van der Waals surface area contributed by atoms with Crippen molar-refractivity contribution in [2.45, 2.75) is 76.0 Å². The molecule has 0 bridgehead atoms. The van der Waals surface area contributed by atoms with E-state index in [2.05, 4.69) is 5.32 Å². The Balaban J connectivity index is 1.36. The number of nitrogens with one attached hydrogen (secondary N) is 1. The van der Waals surface area contributed by atoms with Gasteiger partial charge in [0.05, 0.1) is 30.7 Å². The highest BCUT2D eigenvalue weighted by Gasteiger charge is 2.72. The number of benzene rings is 3. The molecular formula is C42H45N3O7. The Morgan fingerprint density at radius 3 is 2.40 bits per heavy atom. The second-order valence-corrected chi connectivity index (χ2v) is 14.3. The lowest BCUT2D eigenvalue weighted by molar-refractivity contribution is -0.161. The minimum atomic E-state index is -1.55. The maximum Gasteiger partial charge on any atom is 0.313 e. The fourth-order valence-electron chi connectivity index (χ4n) is 8.40. The Labute approximate surface area is 304 Å². The molecule has 4 heterocycles. The van der Waals surface area contributed by atoms with E-state index in [-0.39, 0.29) is 31.2 Å². The van der Waals surface area contributed by atoms with Crippen LogP contribution in [0.5, 0.6) is 0 Å². The number of aliphatic hydroxyl groups excluding tert-OH is 1. The minimum Gasteiger partial charge on any atom is -0.455 e. The van der Waals surface area contributed by atoms with E-state index >= 15 is 9.59 Å². The highest BCUT2D eigenvalue weighted by molar-refractivity contribution is 6.06. The van der Waals surface area contributed by atoms with Crippen LogP contribution in [0, 0.1) is 25.7 Å². The summed E-state index contributed by atoms with van der Waals surface area (Å²) in [7, 11) is 0. The summed E-state index contributed by atoms with van der Waals surface area (Å²) >= 11 is 0. The Bertz CT molecular complexity index is 1900. The third kappa shape index (κ3) is 6.34. The summed E-state index contributed by atoms with van der Waals surface area (Å²) in [4.78, 5) is 61.0. The molecule has 52 heavy (non-hydrogen) atoms. The zero-order valence-corrected chi connectivity index (χ0v) is 29.7. The van der Waals surface area contributed by atoms with Gasteiger partial charge in [-0.3, -0.25) is 19.2 Å². The molecular weight excluding hydrogens is 658 g/mol. The van der Waals surface area contributed by atoms with E-state index in [0.717, 1.165) is 16.7 Å². The molecule has 2 N–H and O–H groups in total. The quantitative estimate of drug-likeness (QED) is 0.286. The van der Waals surface area contributed by atoms with Crippen molar-refractivity contribution in [1.82, 2.24) is 10.2 Å². The molecule has 0 saturated carbocycles. The highest BCUT2D eigenvalue weighted by atomic mass is 16.6. The van der Waals surface area contributed by atoms with Crippen molar-refractivity contribution < 1.29 is 33.8 Å². The number of aryl methyl sites for hydroxylation is 2. The number of hydrogen-bond donors (Lipinski definition) is 2. The maximum atomic E-state index is 15.1. The summed E-state index contributed by atoms with van der Waals surface area (Å²) in [6.07, 6.45) is 6.25. The van der Waals surface area contributed by atoms with Gasteiger partial charge in [0.15, 0.2) is 0 Å². The van der Waals surface area contributed by atoms with E-state index < -0.39 is 66.3 Å². The number of cyclic esters (lactones) is 1. The molecule has 0 aromatic heterocycles. The summed E-state index contributed by atoms with van der Waals surface area (Å²) in [6, 6.07) is 22.0. The number of hydrogen-bond acceptors (Lipinski definition) is 7. The van der Waals surface area contributed by atoms with Crippen molar-refractivity contribution in [2.24, 2.45) is 11.8 Å². The van der Waals surface area contributed by atoms with Gasteiger partial charge in [0.1, 0.15) is 23.7 Å². The van der Waals surface area contributed by atoms with Gasteiger partial charge in [-0.15, -0.1) is 0 Å². The third-order valence-electron chi connectivity index (χ3n) is 10.9. The van der Waals surface area contributed by atoms with Crippen LogP contribution < -0.4 is 10.2 Å². The molecule has 0 radical (unpaired) electrons. The fraction of sp³-hybridized carbons (Fsp3) is 0.381. The largest absolute Gasteiger partial charge is 0.455 e. The lowest BCUT2D eigenvalue weighted by atomic mass is 9.77. The number of aliphatic hydroxyl groups is 1. The van der Waals surface area contributed by atoms with Gasteiger partial charge in [-0.1, -0.05) is 97.1 Å². The molecule has 0 unspecified atom stereocenters. The van der Waals surface area contributed by atoms with Crippen LogP contribution in [0.1, 0.15) is 48.1 Å². The number of ether oxygens (including phenoxy) is 2. The van der Waals surface area contributed by atoms with Gasteiger partial charge in [-0.25, -0.2) is 0 Å². The summed E-state index contributed by atoms with van der Waals surface area (Å²) in [5.74, 6) is -3.92. The number of carbonyl (C=O) groups excluding carboxylic acids is 4. The van der Waals surface area contributed by atoms with Gasteiger partial charge < -0.3 is 29.7 Å². The van der Waals surface area contributed by atoms with E-state index in [1.807, 2.05) is 98.8 Å². The summed E-state index contributed by atoms with van der Waals surface area (Å²) in [5.41, 5.74) is 2.61. The average molecular weight is 704 g/mol. The van der Waals surface area contributed by atoms with Crippen molar-refractivity contribution >= 4 is 29.4 Å². The number of nitrogens with zero attached hydrogens (tertiary/aromatic N) is 2. The van der Waals surface area contributed by atoms with Crippen molar-refractivity contribution in [1.29, 1.82) is 0 Å². The lowest BCUT2D eigenvalue weighted by Gasteiger charge is -2.39. The molecule has 7 rings (SSSR count). The topological polar surface area (TPSA) is 125 Å². The standard InChI is InChI=1S/C42H45N3O7/c1-26-19-20-27(2)32(23-26)44-22-12-21-42-36(39(48)45(38(42)40(44)49)31(25-46)24-29-13-6-4-7-14-29)35-33(52-42)17-10-11-18-34(47)43-28(3)37(51-41(35)50)30-15-8-5-9-16-30/h4-10,12-17,19-21,23,28,31,33,35-38,46H,11,18,22,24-25H2,1-3H3,(H,43,47)/b17-10-/t28-,31+,33-,35+,36+,37+,38-,42+/m0/s1. The predicted octanol–water partition coefficient (Wildman–Crippen LogP) is 4.53. The second-order valence-electron chi connectivity index (χ2n) is 14.3. The fourth-order valence-corrected chi connectivity index (χ4v) is 8.40. The molecule has 10 heteroatoms. The molecule has 8 atom stereocenters. The number of carbonyl (C=O) groups is 4. The maximum absolute atomic E-state index is 15.1. The average Bonchev–Trinajstić information content (AvgIpc) is 3.53. The van der Waals surface area contributed by atoms with Crippen LogP contribution in [-0.2, 0) is 35.1 Å². The smallest absolute Gasteiger partial charge is 0.313 e. The first-order valence-corrected chi connectivity index (χ1v) is 18.1. The first kappa shape index (κ1) is 35.3. The minimum absolute atomic E-state index is 0.183. The van der Waals surface area contributed by atoms with Crippen molar-refractivity contribution in [3.05, 3.63) is 125 Å². The third-order valence-corrected chi connectivity index (χ3v) is 10.9. The van der Waals surface area contributed by atoms with Crippen LogP contribution in [-0.4, -0.2) is 76.7 Å². The molecule has 2 fully saturated rings. The monoisotopic (exact) mass is 703 g/mol. The molecule has 0 aliphatic carbocycles. The molecule has 4 aliphatic heterocycles. The number of likely N-dealkylation sites (tertiary alicyclic amines) is 1. The van der Waals surface area contributed by atoms with E-state index in [0.29, 0.717) is 17.7 Å². The Morgan fingerprint density at radius 1 is 0.942 bits per heavy atom. The molecule has 270 valence electrons. The number of amides is 3. The van der Waals surface area contributed by atoms with E-state index in [1.165, 1.54) is 4.90 Å². The second kappa shape index (κ2) is 14.5. The molecule has 1 spiro atoms. The first-order chi connectivity index (χ1) is 25.1. The van der Waals surface area contributed by atoms with Gasteiger partial charge in [-0.2, -0.15) is 0 Å². The van der Waals surface area contributed by atoms with Crippen molar-refractivity contribution in [2.75, 3.05) is 18.1 Å². The first-order valence-electron chi connectivity index (χ1n) is 18.1. The number of esters is 1. The number of anilines is 1. The summed E-state index contributed by atoms with van der Waals surface area (Å²) in [5, 5.41) is 13.9. The number of fused-ring (bicyclic) bond motifs is 2. The van der Waals surface area contributed by atoms with Crippen molar-refractivity contribution in [3.63, 3.8) is 0 Å². The van der Waals surface area contributed by atoms with Gasteiger partial charge in [0.2, 0.25) is 11.8 Å². The van der Waals surface area contributed by atoms with Crippen LogP contribution in [0.3, 0.4) is 0 Å². The van der Waals surface area contributed by atoms with Gasteiger partial charge >= 0.3 is 5.97 Å². The molecule has 3 aromatic carbocycles. The Kier molecular flexibility index (Phi) is 9.87. The van der Waals surface area contributed by atoms with Crippen LogP contribution >= 0.6 is 0 Å². The Hall–Kier alpha value is -5.06. The molecule has 4 aliphatic rings. The normalized spacial score (nSPS) is 30.2. The van der Waals surface area contributed by atoms with Crippen molar-refractivity contribution in [3.8, 4) is 0 Å². The molecule has 3 amide bonds. The number of allylic oxidation sites excluding steroid dienone is 1. The van der Waals surface area contributed by atoms with E-state index in [9.17, 15) is 14.7 Å². The molecule has 10 nitrogen and oxygen atoms in total. The summed E-state index contributed by atoms with van der Waals surface area (Å²) in [6.45, 7) is 5.50. The zero-order chi connectivity index (χ0) is 36.6. The molecule has 3 aromatic rings. The van der Waals surface area contributed by atoms with Gasteiger partial charge in [0, 0.05) is 18.7 Å². The predicted molar refractivity (Wildman–Crippen MR) is 195 cm³/mol.